The third kappa shape index (κ3) is 3.84. The van der Waals surface area contributed by atoms with Gasteiger partial charge in [-0.05, 0) is 48.0 Å². The van der Waals surface area contributed by atoms with Gasteiger partial charge < -0.3 is 5.32 Å². The second-order valence-corrected chi connectivity index (χ2v) is 8.83. The van der Waals surface area contributed by atoms with Crippen LogP contribution in [0.15, 0.2) is 65.6 Å². The predicted molar refractivity (Wildman–Crippen MR) is 113 cm³/mol. The molecule has 0 radical (unpaired) electrons. The first-order valence-corrected chi connectivity index (χ1v) is 10.8. The van der Waals surface area contributed by atoms with Crippen LogP contribution in [-0.4, -0.2) is 14.3 Å². The summed E-state index contributed by atoms with van der Waals surface area (Å²) in [4.78, 5) is 12.5. The Labute approximate surface area is 182 Å². The molecule has 10 heteroatoms. The van der Waals surface area contributed by atoms with Crippen LogP contribution in [0.2, 0.25) is 5.02 Å². The van der Waals surface area contributed by atoms with Crippen molar-refractivity contribution in [1.82, 2.24) is 5.43 Å². The van der Waals surface area contributed by atoms with Gasteiger partial charge >= 0.3 is 0 Å². The number of nitriles is 1. The van der Waals surface area contributed by atoms with Crippen molar-refractivity contribution in [3.63, 3.8) is 0 Å². The number of carbonyl (C=O) groups is 1. The van der Waals surface area contributed by atoms with E-state index in [1.165, 1.54) is 42.5 Å². The van der Waals surface area contributed by atoms with Gasteiger partial charge in [0, 0.05) is 12.2 Å². The molecule has 0 aromatic heterocycles. The summed E-state index contributed by atoms with van der Waals surface area (Å²) in [6.07, 6.45) is 0. The van der Waals surface area contributed by atoms with E-state index in [0.29, 0.717) is 11.3 Å². The molecule has 156 valence electrons. The van der Waals surface area contributed by atoms with Crippen molar-refractivity contribution in [3.8, 4) is 6.07 Å². The molecule has 0 spiro atoms. The van der Waals surface area contributed by atoms with Gasteiger partial charge in [-0.1, -0.05) is 29.8 Å². The van der Waals surface area contributed by atoms with E-state index in [2.05, 4.69) is 10.7 Å². The number of nitrogens with zero attached hydrogens (tertiary/aromatic N) is 2. The molecule has 3 aromatic rings. The normalized spacial score (nSPS) is 12.9. The van der Waals surface area contributed by atoms with E-state index in [-0.39, 0.29) is 33.3 Å². The molecule has 0 unspecified atom stereocenters. The van der Waals surface area contributed by atoms with Crippen LogP contribution < -0.4 is 15.2 Å². The van der Waals surface area contributed by atoms with E-state index in [4.69, 9.17) is 16.9 Å². The lowest BCUT2D eigenvalue weighted by molar-refractivity contribution is 0.102. The number of hydrogen-bond acceptors (Lipinski definition) is 5. The summed E-state index contributed by atoms with van der Waals surface area (Å²) < 4.78 is 41.2. The number of fused-ring (bicyclic) bond motifs is 1. The Morgan fingerprint density at radius 3 is 2.68 bits per heavy atom. The van der Waals surface area contributed by atoms with Crippen LogP contribution in [0.4, 0.5) is 15.8 Å². The smallest absolute Gasteiger partial charge is 0.277 e. The Balaban J connectivity index is 1.66. The molecule has 1 amide bonds. The number of anilines is 2. The Bertz CT molecular complexity index is 1330. The molecular formula is C21H14ClFN4O3S. The van der Waals surface area contributed by atoms with Gasteiger partial charge in [-0.25, -0.2) is 9.82 Å². The fourth-order valence-electron chi connectivity index (χ4n) is 3.18. The number of amides is 1. The summed E-state index contributed by atoms with van der Waals surface area (Å²) in [5, 5.41) is 11.6. The standard InChI is InChI=1S/C21H14ClFN4O3S/c22-17-5-2-6-18(23)20(17)21(28)26-15-8-7-14-12-25-27(19(14)10-15)31(29,30)16-4-1-3-13(9-16)11-24/h1-10,25H,12H2,(H,26,28). The average molecular weight is 457 g/mol. The highest BCUT2D eigenvalue weighted by molar-refractivity contribution is 7.92. The first kappa shape index (κ1) is 20.8. The Morgan fingerprint density at radius 2 is 1.94 bits per heavy atom. The maximum Gasteiger partial charge on any atom is 0.277 e. The SMILES string of the molecule is N#Cc1cccc(S(=O)(=O)N2NCc3ccc(NC(=O)c4c(F)cccc4Cl)cc32)c1. The second kappa shape index (κ2) is 8.00. The zero-order valence-corrected chi connectivity index (χ0v) is 17.3. The first-order chi connectivity index (χ1) is 14.8. The summed E-state index contributed by atoms with van der Waals surface area (Å²) in [5.41, 5.74) is 3.95. The largest absolute Gasteiger partial charge is 0.322 e. The van der Waals surface area contributed by atoms with Gasteiger partial charge in [-0.3, -0.25) is 4.79 Å². The number of hydrazine groups is 1. The molecular weight excluding hydrogens is 443 g/mol. The van der Waals surface area contributed by atoms with Crippen LogP contribution in [0.5, 0.6) is 0 Å². The van der Waals surface area contributed by atoms with Gasteiger partial charge in [0.25, 0.3) is 15.9 Å². The molecule has 0 fully saturated rings. The number of carbonyl (C=O) groups excluding carboxylic acids is 1. The van der Waals surface area contributed by atoms with Crippen LogP contribution in [0.25, 0.3) is 0 Å². The van der Waals surface area contributed by atoms with E-state index in [9.17, 15) is 17.6 Å². The van der Waals surface area contributed by atoms with Gasteiger partial charge in [-0.2, -0.15) is 18.1 Å². The second-order valence-electron chi connectivity index (χ2n) is 6.64. The van der Waals surface area contributed by atoms with Crippen molar-refractivity contribution in [3.05, 3.63) is 88.2 Å². The van der Waals surface area contributed by atoms with Gasteiger partial charge in [-0.15, -0.1) is 0 Å². The third-order valence-corrected chi connectivity index (χ3v) is 6.64. The molecule has 3 aromatic carbocycles. The van der Waals surface area contributed by atoms with Crippen LogP contribution in [0, 0.1) is 17.1 Å². The first-order valence-electron chi connectivity index (χ1n) is 8.98. The van der Waals surface area contributed by atoms with Crippen LogP contribution in [0.1, 0.15) is 21.5 Å². The molecule has 1 heterocycles. The van der Waals surface area contributed by atoms with Crippen LogP contribution >= 0.6 is 11.6 Å². The molecule has 0 saturated heterocycles. The molecule has 4 rings (SSSR count). The zero-order chi connectivity index (χ0) is 22.2. The molecule has 0 atom stereocenters. The molecule has 7 nitrogen and oxygen atoms in total. The minimum Gasteiger partial charge on any atom is -0.322 e. The lowest BCUT2D eigenvalue weighted by atomic mass is 10.1. The monoisotopic (exact) mass is 456 g/mol. The predicted octanol–water partition coefficient (Wildman–Crippen LogP) is 3.82. The minimum absolute atomic E-state index is 0.0399. The number of nitrogens with one attached hydrogen (secondary N) is 2. The molecule has 0 aliphatic carbocycles. The third-order valence-electron chi connectivity index (χ3n) is 4.67. The van der Waals surface area contributed by atoms with Gasteiger partial charge in [0.2, 0.25) is 0 Å². The Hall–Kier alpha value is -3.45. The summed E-state index contributed by atoms with van der Waals surface area (Å²) in [7, 11) is -4.02. The number of halogens is 2. The maximum atomic E-state index is 14.0. The molecule has 1 aliphatic rings. The minimum atomic E-state index is -4.02. The molecule has 2 N–H and O–H groups in total. The molecule has 0 bridgehead atoms. The van der Waals surface area contributed by atoms with Crippen molar-refractivity contribution in [2.75, 3.05) is 9.73 Å². The Morgan fingerprint density at radius 1 is 1.16 bits per heavy atom. The van der Waals surface area contributed by atoms with Crippen molar-refractivity contribution in [2.24, 2.45) is 0 Å². The number of hydrogen-bond donors (Lipinski definition) is 2. The van der Waals surface area contributed by atoms with E-state index >= 15 is 0 Å². The Kier molecular flexibility index (Phi) is 5.37. The summed E-state index contributed by atoms with van der Waals surface area (Å²) in [6.45, 7) is 0.250. The van der Waals surface area contributed by atoms with Crippen LogP contribution in [-0.2, 0) is 16.6 Å². The van der Waals surface area contributed by atoms with Gasteiger partial charge in [0.05, 0.1) is 32.8 Å². The van der Waals surface area contributed by atoms with Gasteiger partial charge in [0.15, 0.2) is 0 Å². The maximum absolute atomic E-state index is 14.0. The van der Waals surface area contributed by atoms with Crippen molar-refractivity contribution in [1.29, 1.82) is 5.26 Å². The van der Waals surface area contributed by atoms with E-state index in [0.717, 1.165) is 10.5 Å². The van der Waals surface area contributed by atoms with E-state index in [1.807, 2.05) is 6.07 Å². The summed E-state index contributed by atoms with van der Waals surface area (Å²) in [5.74, 6) is -1.53. The molecule has 0 saturated carbocycles. The quantitative estimate of drug-likeness (QED) is 0.621. The summed E-state index contributed by atoms with van der Waals surface area (Å²) >= 11 is 5.94. The van der Waals surface area contributed by atoms with Crippen molar-refractivity contribution < 1.29 is 17.6 Å². The molecule has 31 heavy (non-hydrogen) atoms. The van der Waals surface area contributed by atoms with Crippen LogP contribution in [0.3, 0.4) is 0 Å². The lowest BCUT2D eigenvalue weighted by Gasteiger charge is -2.20. The lowest BCUT2D eigenvalue weighted by Crippen LogP contribution is -2.38. The number of sulfonamides is 1. The highest BCUT2D eigenvalue weighted by Crippen LogP contribution is 2.33. The van der Waals surface area contributed by atoms with Crippen molar-refractivity contribution in [2.45, 2.75) is 11.4 Å². The van der Waals surface area contributed by atoms with E-state index in [1.54, 1.807) is 12.1 Å². The fourth-order valence-corrected chi connectivity index (χ4v) is 4.83. The van der Waals surface area contributed by atoms with Crippen molar-refractivity contribution >= 4 is 38.9 Å². The van der Waals surface area contributed by atoms with E-state index < -0.39 is 21.7 Å². The fraction of sp³-hybridized carbons (Fsp3) is 0.0476. The topological polar surface area (TPSA) is 102 Å². The number of benzene rings is 3. The zero-order valence-electron chi connectivity index (χ0n) is 15.8. The molecule has 1 aliphatic heterocycles. The summed E-state index contributed by atoms with van der Waals surface area (Å²) in [6, 6.07) is 16.2. The van der Waals surface area contributed by atoms with Gasteiger partial charge in [0.1, 0.15) is 5.82 Å². The highest BCUT2D eigenvalue weighted by atomic mass is 35.5. The number of rotatable bonds is 4. The average Bonchev–Trinajstić information content (AvgIpc) is 3.18. The highest BCUT2D eigenvalue weighted by Gasteiger charge is 2.31.